The lowest BCUT2D eigenvalue weighted by Crippen LogP contribution is -2.21. The number of hydrogen-bond donors (Lipinski definition) is 2. The number of aromatic nitrogens is 1. The van der Waals surface area contributed by atoms with E-state index in [4.69, 9.17) is 15.0 Å². The predicted molar refractivity (Wildman–Crippen MR) is 76.2 cm³/mol. The van der Waals surface area contributed by atoms with Crippen LogP contribution in [0.5, 0.6) is 0 Å². The first-order chi connectivity index (χ1) is 11.4. The third kappa shape index (κ3) is 5.98. The fourth-order valence-corrected chi connectivity index (χ4v) is 1.82. The molecule has 25 heavy (non-hydrogen) atoms. The van der Waals surface area contributed by atoms with Crippen molar-refractivity contribution in [3.63, 3.8) is 0 Å². The Hall–Kier alpha value is -2.78. The molecule has 0 aliphatic carbocycles. The minimum atomic E-state index is -5.08. The molecule has 1 heterocycles. The summed E-state index contributed by atoms with van der Waals surface area (Å²) >= 11 is 0. The first kappa shape index (κ1) is 20.3. The fraction of sp³-hybridized carbons (Fsp3) is 0.267. The molecule has 0 saturated carbocycles. The van der Waals surface area contributed by atoms with E-state index in [1.807, 2.05) is 0 Å². The zero-order valence-electron chi connectivity index (χ0n) is 12.4. The van der Waals surface area contributed by atoms with Crippen LogP contribution < -0.4 is 0 Å². The monoisotopic (exact) mass is 365 g/mol. The van der Waals surface area contributed by atoms with Crippen LogP contribution in [0.3, 0.4) is 0 Å². The van der Waals surface area contributed by atoms with Gasteiger partial charge < -0.3 is 10.2 Å². The van der Waals surface area contributed by atoms with E-state index in [2.05, 4.69) is 4.98 Å². The van der Waals surface area contributed by atoms with E-state index < -0.39 is 36.9 Å². The first-order valence-electron chi connectivity index (χ1n) is 6.69. The summed E-state index contributed by atoms with van der Waals surface area (Å²) in [5.41, 5.74) is 0.305. The number of nitrogens with zero attached hydrogens (tertiary/aromatic N) is 1. The van der Waals surface area contributed by atoms with Crippen LogP contribution >= 0.6 is 0 Å². The van der Waals surface area contributed by atoms with E-state index in [-0.39, 0.29) is 5.56 Å². The molecule has 136 valence electrons. The van der Waals surface area contributed by atoms with Crippen molar-refractivity contribution < 1.29 is 41.8 Å². The van der Waals surface area contributed by atoms with Crippen molar-refractivity contribution in [2.24, 2.45) is 0 Å². The number of benzene rings is 1. The molecule has 0 spiro atoms. The Morgan fingerprint density at radius 3 is 2.12 bits per heavy atom. The van der Waals surface area contributed by atoms with Crippen LogP contribution in [0.2, 0.25) is 0 Å². The lowest BCUT2D eigenvalue weighted by atomic mass is 9.99. The standard InChI is InChI=1S/C13H11F2NO2.C2HF3O2/c14-13(15,7-6-12(17)18)10-4-1-5-11-9(10)3-2-8-16-11;3-2(4,5)1(6)7/h1-5,8H,6-7H2,(H,17,18);(H,6,7). The van der Waals surface area contributed by atoms with Crippen LogP contribution in [0.25, 0.3) is 10.9 Å². The van der Waals surface area contributed by atoms with Gasteiger partial charge in [-0.2, -0.15) is 13.2 Å². The zero-order valence-corrected chi connectivity index (χ0v) is 12.4. The molecule has 0 unspecified atom stereocenters. The SMILES string of the molecule is O=C(O)C(F)(F)F.O=C(O)CCC(F)(F)c1cccc2ncccc12. The summed E-state index contributed by atoms with van der Waals surface area (Å²) in [4.78, 5) is 23.3. The molecule has 0 aliphatic heterocycles. The summed E-state index contributed by atoms with van der Waals surface area (Å²) in [7, 11) is 0. The smallest absolute Gasteiger partial charge is 0.481 e. The van der Waals surface area contributed by atoms with Crippen LogP contribution in [-0.2, 0) is 15.5 Å². The average Bonchev–Trinajstić information content (AvgIpc) is 2.52. The van der Waals surface area contributed by atoms with Gasteiger partial charge in [0.2, 0.25) is 0 Å². The number of halogens is 5. The van der Waals surface area contributed by atoms with Gasteiger partial charge in [0.1, 0.15) is 0 Å². The second kappa shape index (κ2) is 7.86. The van der Waals surface area contributed by atoms with Gasteiger partial charge in [0.15, 0.2) is 0 Å². The lowest BCUT2D eigenvalue weighted by Gasteiger charge is -2.17. The highest BCUT2D eigenvalue weighted by molar-refractivity contribution is 5.82. The van der Waals surface area contributed by atoms with E-state index >= 15 is 0 Å². The molecule has 0 aliphatic rings. The average molecular weight is 365 g/mol. The number of fused-ring (bicyclic) bond motifs is 1. The Morgan fingerprint density at radius 1 is 1.00 bits per heavy atom. The summed E-state index contributed by atoms with van der Waals surface area (Å²) in [5.74, 6) is -7.15. The highest BCUT2D eigenvalue weighted by Crippen LogP contribution is 2.36. The molecule has 2 rings (SSSR count). The van der Waals surface area contributed by atoms with Crippen molar-refractivity contribution in [1.82, 2.24) is 4.98 Å². The Bertz CT molecular complexity index is 756. The number of pyridine rings is 1. The third-order valence-electron chi connectivity index (χ3n) is 2.94. The number of hydrogen-bond acceptors (Lipinski definition) is 3. The number of rotatable bonds is 4. The molecule has 0 bridgehead atoms. The zero-order chi connectivity index (χ0) is 19.3. The van der Waals surface area contributed by atoms with Crippen molar-refractivity contribution in [1.29, 1.82) is 0 Å². The number of aliphatic carboxylic acids is 2. The molecule has 0 atom stereocenters. The van der Waals surface area contributed by atoms with Gasteiger partial charge >= 0.3 is 18.1 Å². The summed E-state index contributed by atoms with van der Waals surface area (Å²) in [5, 5.41) is 16.0. The van der Waals surface area contributed by atoms with Crippen molar-refractivity contribution in [3.8, 4) is 0 Å². The molecule has 1 aromatic carbocycles. The van der Waals surface area contributed by atoms with Crippen LogP contribution in [0.4, 0.5) is 22.0 Å². The molecule has 0 saturated heterocycles. The normalized spacial score (nSPS) is 11.6. The fourth-order valence-electron chi connectivity index (χ4n) is 1.82. The van der Waals surface area contributed by atoms with Gasteiger partial charge in [0.25, 0.3) is 5.92 Å². The second-order valence-corrected chi connectivity index (χ2v) is 4.78. The van der Waals surface area contributed by atoms with Gasteiger partial charge in [-0.25, -0.2) is 13.6 Å². The molecule has 0 fully saturated rings. The number of carbonyl (C=O) groups is 2. The van der Waals surface area contributed by atoms with Crippen molar-refractivity contribution in [2.45, 2.75) is 24.9 Å². The van der Waals surface area contributed by atoms with Gasteiger partial charge in [0, 0.05) is 23.6 Å². The van der Waals surface area contributed by atoms with Crippen LogP contribution in [0.1, 0.15) is 18.4 Å². The largest absolute Gasteiger partial charge is 0.490 e. The van der Waals surface area contributed by atoms with Crippen LogP contribution in [0, 0.1) is 0 Å². The molecular formula is C15H12F5NO4. The number of carboxylic acids is 2. The Labute approximate surface area is 137 Å². The Balaban J connectivity index is 0.000000381. The van der Waals surface area contributed by atoms with Gasteiger partial charge in [-0.05, 0) is 12.1 Å². The van der Waals surface area contributed by atoms with Gasteiger partial charge in [0.05, 0.1) is 11.9 Å². The van der Waals surface area contributed by atoms with Crippen molar-refractivity contribution in [2.75, 3.05) is 0 Å². The maximum absolute atomic E-state index is 14.0. The van der Waals surface area contributed by atoms with Crippen LogP contribution in [-0.4, -0.2) is 33.3 Å². The minimum absolute atomic E-state index is 0.172. The van der Waals surface area contributed by atoms with E-state index in [0.717, 1.165) is 0 Å². The van der Waals surface area contributed by atoms with Gasteiger partial charge in [-0.1, -0.05) is 18.2 Å². The Kier molecular flexibility index (Phi) is 6.37. The third-order valence-corrected chi connectivity index (χ3v) is 2.94. The quantitative estimate of drug-likeness (QED) is 0.804. The molecule has 0 amide bonds. The highest BCUT2D eigenvalue weighted by Gasteiger charge is 2.38. The molecule has 10 heteroatoms. The van der Waals surface area contributed by atoms with Gasteiger partial charge in [-0.3, -0.25) is 9.78 Å². The summed E-state index contributed by atoms with van der Waals surface area (Å²) in [6.45, 7) is 0. The lowest BCUT2D eigenvalue weighted by molar-refractivity contribution is -0.192. The minimum Gasteiger partial charge on any atom is -0.481 e. The van der Waals surface area contributed by atoms with Crippen LogP contribution in [0.15, 0.2) is 36.5 Å². The summed E-state index contributed by atoms with van der Waals surface area (Å²) in [6, 6.07) is 7.60. The molecule has 2 aromatic rings. The second-order valence-electron chi connectivity index (χ2n) is 4.78. The van der Waals surface area contributed by atoms with Gasteiger partial charge in [-0.15, -0.1) is 0 Å². The molecule has 0 radical (unpaired) electrons. The van der Waals surface area contributed by atoms with E-state index in [9.17, 15) is 26.7 Å². The molecule has 2 N–H and O–H groups in total. The van der Waals surface area contributed by atoms with Crippen molar-refractivity contribution >= 4 is 22.8 Å². The maximum Gasteiger partial charge on any atom is 0.490 e. The summed E-state index contributed by atoms with van der Waals surface area (Å²) < 4.78 is 59.6. The van der Waals surface area contributed by atoms with Crippen molar-refractivity contribution in [3.05, 3.63) is 42.1 Å². The topological polar surface area (TPSA) is 87.5 Å². The number of carboxylic acid groups (broad SMARTS) is 2. The molecular weight excluding hydrogens is 353 g/mol. The van der Waals surface area contributed by atoms with E-state index in [1.165, 1.54) is 18.3 Å². The molecule has 5 nitrogen and oxygen atoms in total. The van der Waals surface area contributed by atoms with E-state index in [0.29, 0.717) is 10.9 Å². The predicted octanol–water partition coefficient (Wildman–Crippen LogP) is 3.82. The summed E-state index contributed by atoms with van der Waals surface area (Å²) in [6.07, 6.45) is -4.83. The number of alkyl halides is 5. The van der Waals surface area contributed by atoms with E-state index in [1.54, 1.807) is 18.2 Å². The molecule has 1 aromatic heterocycles. The highest BCUT2D eigenvalue weighted by atomic mass is 19.4. The maximum atomic E-state index is 14.0. The Morgan fingerprint density at radius 2 is 1.60 bits per heavy atom. The first-order valence-corrected chi connectivity index (χ1v) is 6.69.